The second-order valence-corrected chi connectivity index (χ2v) is 5.61. The second kappa shape index (κ2) is 5.67. The number of benzene rings is 2. The van der Waals surface area contributed by atoms with Crippen LogP contribution in [0.25, 0.3) is 10.8 Å². The molecule has 1 heterocycles. The molecule has 0 spiro atoms. The van der Waals surface area contributed by atoms with E-state index in [-0.39, 0.29) is 5.69 Å². The summed E-state index contributed by atoms with van der Waals surface area (Å²) >= 11 is 7.42. The lowest BCUT2D eigenvalue weighted by Crippen LogP contribution is -1.90. The standard InChI is InChI=1S/C14H8ClN3O2S/c15-13-11-3-1-2-4-12(11)14(17-16-13)21-10-7-5-9(6-8-10)18(19)20/h1-8H. The fraction of sp³-hybridized carbons (Fsp3) is 0. The number of aromatic nitrogens is 2. The summed E-state index contributed by atoms with van der Waals surface area (Å²) in [5.74, 6) is 0. The van der Waals surface area contributed by atoms with Crippen molar-refractivity contribution in [2.45, 2.75) is 9.92 Å². The van der Waals surface area contributed by atoms with Gasteiger partial charge in [0.25, 0.3) is 5.69 Å². The number of rotatable bonds is 3. The molecule has 0 aliphatic rings. The van der Waals surface area contributed by atoms with Crippen molar-refractivity contribution in [3.63, 3.8) is 0 Å². The van der Waals surface area contributed by atoms with Gasteiger partial charge < -0.3 is 0 Å². The summed E-state index contributed by atoms with van der Waals surface area (Å²) < 4.78 is 0. The summed E-state index contributed by atoms with van der Waals surface area (Å²) in [6.07, 6.45) is 0. The van der Waals surface area contributed by atoms with Crippen LogP contribution in [0, 0.1) is 10.1 Å². The number of hydrogen-bond acceptors (Lipinski definition) is 5. The number of non-ortho nitro benzene ring substituents is 1. The van der Waals surface area contributed by atoms with Crippen molar-refractivity contribution in [1.29, 1.82) is 0 Å². The maximum atomic E-state index is 10.6. The molecule has 0 saturated carbocycles. The first-order valence-corrected chi connectivity index (χ1v) is 7.18. The van der Waals surface area contributed by atoms with Gasteiger partial charge in [-0.1, -0.05) is 47.6 Å². The van der Waals surface area contributed by atoms with Gasteiger partial charge in [-0.2, -0.15) is 0 Å². The Labute approximate surface area is 129 Å². The number of nitro groups is 1. The number of nitro benzene ring substituents is 1. The molecule has 3 rings (SSSR count). The zero-order chi connectivity index (χ0) is 14.8. The predicted octanol–water partition coefficient (Wildman–Crippen LogP) is 4.34. The van der Waals surface area contributed by atoms with E-state index in [1.807, 2.05) is 24.3 Å². The molecule has 0 N–H and O–H groups in total. The van der Waals surface area contributed by atoms with Crippen LogP contribution >= 0.6 is 23.4 Å². The second-order valence-electron chi connectivity index (χ2n) is 4.19. The van der Waals surface area contributed by atoms with Crippen molar-refractivity contribution in [2.75, 3.05) is 0 Å². The van der Waals surface area contributed by atoms with Crippen molar-refractivity contribution >= 4 is 39.8 Å². The first-order chi connectivity index (χ1) is 10.1. The Hall–Kier alpha value is -2.18. The van der Waals surface area contributed by atoms with E-state index >= 15 is 0 Å². The van der Waals surface area contributed by atoms with Crippen molar-refractivity contribution in [1.82, 2.24) is 10.2 Å². The van der Waals surface area contributed by atoms with E-state index in [9.17, 15) is 10.1 Å². The molecule has 0 unspecified atom stereocenters. The van der Waals surface area contributed by atoms with Gasteiger partial charge in [0.15, 0.2) is 5.15 Å². The molecule has 0 atom stereocenters. The lowest BCUT2D eigenvalue weighted by Gasteiger charge is -2.05. The number of hydrogen-bond donors (Lipinski definition) is 0. The van der Waals surface area contributed by atoms with Crippen molar-refractivity contribution in [3.8, 4) is 0 Å². The first kappa shape index (κ1) is 13.8. The van der Waals surface area contributed by atoms with Crippen LogP contribution in [-0.2, 0) is 0 Å². The fourth-order valence-corrected chi connectivity index (χ4v) is 2.94. The van der Waals surface area contributed by atoms with E-state index < -0.39 is 4.92 Å². The molecule has 0 saturated heterocycles. The van der Waals surface area contributed by atoms with E-state index in [0.29, 0.717) is 10.2 Å². The van der Waals surface area contributed by atoms with Gasteiger partial charge in [-0.15, -0.1) is 10.2 Å². The van der Waals surface area contributed by atoms with E-state index in [1.165, 1.54) is 23.9 Å². The number of fused-ring (bicyclic) bond motifs is 1. The number of halogens is 1. The highest BCUT2D eigenvalue weighted by atomic mass is 35.5. The molecule has 2 aromatic carbocycles. The minimum atomic E-state index is -0.425. The lowest BCUT2D eigenvalue weighted by molar-refractivity contribution is -0.384. The molecule has 5 nitrogen and oxygen atoms in total. The van der Waals surface area contributed by atoms with Gasteiger partial charge in [0.2, 0.25) is 0 Å². The molecule has 0 amide bonds. The van der Waals surface area contributed by atoms with Crippen LogP contribution in [0.5, 0.6) is 0 Å². The Bertz CT molecular complexity index is 824. The van der Waals surface area contributed by atoms with Gasteiger partial charge >= 0.3 is 0 Å². The summed E-state index contributed by atoms with van der Waals surface area (Å²) in [5, 5.41) is 21.5. The van der Waals surface area contributed by atoms with Crippen molar-refractivity contribution in [2.24, 2.45) is 0 Å². The van der Waals surface area contributed by atoms with E-state index in [1.54, 1.807) is 12.1 Å². The van der Waals surface area contributed by atoms with Crippen LogP contribution < -0.4 is 0 Å². The maximum absolute atomic E-state index is 10.6. The average molecular weight is 318 g/mol. The monoisotopic (exact) mass is 317 g/mol. The van der Waals surface area contributed by atoms with E-state index in [0.717, 1.165) is 15.7 Å². The summed E-state index contributed by atoms with van der Waals surface area (Å²) in [4.78, 5) is 11.1. The molecule has 21 heavy (non-hydrogen) atoms. The van der Waals surface area contributed by atoms with Gasteiger partial charge in [0.05, 0.1) is 4.92 Å². The third kappa shape index (κ3) is 2.81. The molecule has 0 aliphatic carbocycles. The van der Waals surface area contributed by atoms with Crippen molar-refractivity contribution in [3.05, 3.63) is 63.8 Å². The van der Waals surface area contributed by atoms with Crippen LogP contribution in [0.1, 0.15) is 0 Å². The topological polar surface area (TPSA) is 68.9 Å². The number of nitrogens with zero attached hydrogens (tertiary/aromatic N) is 3. The smallest absolute Gasteiger partial charge is 0.258 e. The third-order valence-electron chi connectivity index (χ3n) is 2.87. The lowest BCUT2D eigenvalue weighted by atomic mass is 10.2. The van der Waals surface area contributed by atoms with E-state index in [4.69, 9.17) is 11.6 Å². The van der Waals surface area contributed by atoms with Crippen LogP contribution in [0.2, 0.25) is 5.15 Å². The zero-order valence-corrected chi connectivity index (χ0v) is 12.1. The van der Waals surface area contributed by atoms with Gasteiger partial charge in [-0.05, 0) is 12.1 Å². The van der Waals surface area contributed by atoms with Crippen molar-refractivity contribution < 1.29 is 4.92 Å². The summed E-state index contributed by atoms with van der Waals surface area (Å²) in [6, 6.07) is 13.9. The van der Waals surface area contributed by atoms with Crippen LogP contribution in [0.15, 0.2) is 58.5 Å². The Morgan fingerprint density at radius 3 is 2.33 bits per heavy atom. The molecular formula is C14H8ClN3O2S. The van der Waals surface area contributed by atoms with Crippen LogP contribution in [-0.4, -0.2) is 15.1 Å². The highest BCUT2D eigenvalue weighted by molar-refractivity contribution is 7.99. The molecule has 0 fully saturated rings. The summed E-state index contributed by atoms with van der Waals surface area (Å²) in [7, 11) is 0. The minimum Gasteiger partial charge on any atom is -0.258 e. The molecule has 0 aliphatic heterocycles. The molecule has 0 bridgehead atoms. The molecule has 104 valence electrons. The van der Waals surface area contributed by atoms with Crippen LogP contribution in [0.4, 0.5) is 5.69 Å². The largest absolute Gasteiger partial charge is 0.269 e. The fourth-order valence-electron chi connectivity index (χ4n) is 1.87. The Morgan fingerprint density at radius 2 is 1.67 bits per heavy atom. The normalized spacial score (nSPS) is 10.7. The Balaban J connectivity index is 1.98. The highest BCUT2D eigenvalue weighted by Crippen LogP contribution is 2.33. The van der Waals surface area contributed by atoms with Gasteiger partial charge in [0, 0.05) is 27.8 Å². The van der Waals surface area contributed by atoms with Gasteiger partial charge in [-0.25, -0.2) is 0 Å². The summed E-state index contributed by atoms with van der Waals surface area (Å²) in [6.45, 7) is 0. The SMILES string of the molecule is O=[N+]([O-])c1ccc(Sc2nnc(Cl)c3ccccc23)cc1. The predicted molar refractivity (Wildman–Crippen MR) is 81.8 cm³/mol. The van der Waals surface area contributed by atoms with Gasteiger partial charge in [0.1, 0.15) is 5.03 Å². The van der Waals surface area contributed by atoms with Gasteiger partial charge in [-0.3, -0.25) is 10.1 Å². The Kier molecular flexibility index (Phi) is 3.72. The Morgan fingerprint density at radius 1 is 1.00 bits per heavy atom. The maximum Gasteiger partial charge on any atom is 0.269 e. The first-order valence-electron chi connectivity index (χ1n) is 5.98. The third-order valence-corrected chi connectivity index (χ3v) is 4.15. The highest BCUT2D eigenvalue weighted by Gasteiger charge is 2.10. The molecular weight excluding hydrogens is 310 g/mol. The average Bonchev–Trinajstić information content (AvgIpc) is 2.51. The zero-order valence-electron chi connectivity index (χ0n) is 10.6. The molecule has 1 aromatic heterocycles. The molecule has 7 heteroatoms. The van der Waals surface area contributed by atoms with Crippen LogP contribution in [0.3, 0.4) is 0 Å². The summed E-state index contributed by atoms with van der Waals surface area (Å²) in [5.41, 5.74) is 0.0615. The molecule has 3 aromatic rings. The van der Waals surface area contributed by atoms with E-state index in [2.05, 4.69) is 10.2 Å². The quantitative estimate of drug-likeness (QED) is 0.531. The minimum absolute atomic E-state index is 0.0615. The molecule has 0 radical (unpaired) electrons.